The summed E-state index contributed by atoms with van der Waals surface area (Å²) < 4.78 is 19.2. The first-order chi connectivity index (χ1) is 16.6. The summed E-state index contributed by atoms with van der Waals surface area (Å²) >= 11 is 0. The van der Waals surface area contributed by atoms with Gasteiger partial charge < -0.3 is 10.1 Å². The number of methoxy groups -OCH3 is 1. The molecule has 1 amide bonds. The number of fused-ring (bicyclic) bond motifs is 1. The first kappa shape index (κ1) is 22.5. The van der Waals surface area contributed by atoms with E-state index in [1.807, 2.05) is 54.6 Å². The van der Waals surface area contributed by atoms with Crippen LogP contribution in [0.15, 0.2) is 78.9 Å². The third-order valence-electron chi connectivity index (χ3n) is 6.89. The number of rotatable bonds is 6. The van der Waals surface area contributed by atoms with Crippen LogP contribution in [0.2, 0.25) is 0 Å². The molecular formula is C27H29FN4O2. The zero-order chi connectivity index (χ0) is 23.5. The predicted octanol–water partition coefficient (Wildman–Crippen LogP) is 3.59. The molecule has 0 spiro atoms. The van der Waals surface area contributed by atoms with Crippen LogP contribution in [0, 0.1) is 17.7 Å². The summed E-state index contributed by atoms with van der Waals surface area (Å²) in [6.07, 6.45) is 0.467. The third kappa shape index (κ3) is 4.55. The van der Waals surface area contributed by atoms with Crippen molar-refractivity contribution in [2.75, 3.05) is 7.11 Å². The Balaban J connectivity index is 1.43. The highest BCUT2D eigenvalue weighted by Gasteiger charge is 2.49. The van der Waals surface area contributed by atoms with Crippen molar-refractivity contribution in [2.24, 2.45) is 11.8 Å². The van der Waals surface area contributed by atoms with E-state index >= 15 is 0 Å². The number of benzene rings is 3. The summed E-state index contributed by atoms with van der Waals surface area (Å²) in [7, 11) is 1.66. The highest BCUT2D eigenvalue weighted by molar-refractivity contribution is 5.79. The zero-order valence-electron chi connectivity index (χ0n) is 19.0. The molecule has 0 bridgehead atoms. The molecule has 3 aromatic rings. The lowest BCUT2D eigenvalue weighted by atomic mass is 9.74. The van der Waals surface area contributed by atoms with Gasteiger partial charge in [-0.15, -0.1) is 0 Å². The number of hydrazine groups is 1. The summed E-state index contributed by atoms with van der Waals surface area (Å²) in [6.45, 7) is 0.475. The van der Waals surface area contributed by atoms with Crippen LogP contribution >= 0.6 is 0 Å². The smallest absolute Gasteiger partial charge is 0.223 e. The summed E-state index contributed by atoms with van der Waals surface area (Å²) in [4.78, 5) is 13.6. The van der Waals surface area contributed by atoms with E-state index in [1.165, 1.54) is 12.1 Å². The van der Waals surface area contributed by atoms with Crippen molar-refractivity contribution in [3.8, 4) is 5.75 Å². The van der Waals surface area contributed by atoms with Gasteiger partial charge in [0.1, 0.15) is 11.6 Å². The van der Waals surface area contributed by atoms with Gasteiger partial charge in [0.25, 0.3) is 0 Å². The number of amides is 1. The van der Waals surface area contributed by atoms with Crippen molar-refractivity contribution in [1.82, 2.24) is 21.5 Å². The Kier molecular flexibility index (Phi) is 6.58. The molecule has 0 aliphatic carbocycles. The zero-order valence-corrected chi connectivity index (χ0v) is 19.0. The molecule has 2 saturated heterocycles. The van der Waals surface area contributed by atoms with Crippen LogP contribution in [0.4, 0.5) is 4.39 Å². The van der Waals surface area contributed by atoms with Crippen molar-refractivity contribution in [1.29, 1.82) is 0 Å². The summed E-state index contributed by atoms with van der Waals surface area (Å²) in [6, 6.07) is 24.1. The maximum absolute atomic E-state index is 13.6. The fourth-order valence-electron chi connectivity index (χ4n) is 5.22. The Bertz CT molecular complexity index is 1120. The number of carbonyl (C=O) groups excluding carboxylic acids is 1. The highest BCUT2D eigenvalue weighted by atomic mass is 19.1. The Morgan fingerprint density at radius 2 is 1.74 bits per heavy atom. The molecule has 5 unspecified atom stereocenters. The van der Waals surface area contributed by atoms with E-state index in [1.54, 1.807) is 19.2 Å². The molecule has 5 atom stereocenters. The van der Waals surface area contributed by atoms with E-state index in [2.05, 4.69) is 21.5 Å². The Morgan fingerprint density at radius 3 is 2.50 bits per heavy atom. The topological polar surface area (TPSA) is 74.4 Å². The molecule has 34 heavy (non-hydrogen) atoms. The third-order valence-corrected chi connectivity index (χ3v) is 6.89. The van der Waals surface area contributed by atoms with Crippen LogP contribution in [0.5, 0.6) is 5.75 Å². The lowest BCUT2D eigenvalue weighted by Gasteiger charge is -2.40. The number of nitrogens with one attached hydrogen (secondary N) is 4. The molecule has 0 saturated carbocycles. The monoisotopic (exact) mass is 460 g/mol. The van der Waals surface area contributed by atoms with E-state index in [9.17, 15) is 9.18 Å². The molecule has 3 aromatic carbocycles. The van der Waals surface area contributed by atoms with Gasteiger partial charge in [0.05, 0.1) is 19.3 Å². The minimum absolute atomic E-state index is 0.0119. The lowest BCUT2D eigenvalue weighted by Crippen LogP contribution is -2.54. The van der Waals surface area contributed by atoms with Crippen molar-refractivity contribution >= 4 is 5.91 Å². The standard InChI is InChI=1S/C27H29FN4O2/c1-34-23-10-6-5-9-20(23)22-15-21(27(33)29-16-17-7-3-2-4-8-17)24-25(31-32-26(24)30-22)18-11-13-19(28)14-12-18/h2-14,21-22,24-26,30-32H,15-16H2,1H3,(H,29,33). The summed E-state index contributed by atoms with van der Waals surface area (Å²) in [5.41, 5.74) is 9.71. The number of ether oxygens (including phenoxy) is 1. The quantitative estimate of drug-likeness (QED) is 0.453. The van der Waals surface area contributed by atoms with Crippen LogP contribution in [0.25, 0.3) is 0 Å². The molecule has 5 rings (SSSR count). The Morgan fingerprint density at radius 1 is 1.00 bits per heavy atom. The molecule has 6 nitrogen and oxygen atoms in total. The molecule has 176 valence electrons. The number of para-hydroxylation sites is 1. The number of hydrogen-bond acceptors (Lipinski definition) is 5. The molecule has 2 heterocycles. The van der Waals surface area contributed by atoms with E-state index in [0.29, 0.717) is 13.0 Å². The van der Waals surface area contributed by atoms with E-state index in [-0.39, 0.29) is 41.8 Å². The van der Waals surface area contributed by atoms with Crippen LogP contribution < -0.4 is 26.2 Å². The second kappa shape index (κ2) is 9.93. The molecule has 2 fully saturated rings. The van der Waals surface area contributed by atoms with Gasteiger partial charge in [-0.3, -0.25) is 10.1 Å². The summed E-state index contributed by atoms with van der Waals surface area (Å²) in [5, 5.41) is 6.82. The normalized spacial score (nSPS) is 26.0. The Hall–Kier alpha value is -3.26. The largest absolute Gasteiger partial charge is 0.496 e. The van der Waals surface area contributed by atoms with Gasteiger partial charge in [0, 0.05) is 30.0 Å². The number of hydrogen-bond donors (Lipinski definition) is 4. The van der Waals surface area contributed by atoms with Crippen molar-refractivity contribution in [2.45, 2.75) is 31.2 Å². The molecule has 0 aromatic heterocycles. The average molecular weight is 461 g/mol. The van der Waals surface area contributed by atoms with Crippen molar-refractivity contribution in [3.63, 3.8) is 0 Å². The van der Waals surface area contributed by atoms with E-state index in [0.717, 1.165) is 22.4 Å². The van der Waals surface area contributed by atoms with Crippen molar-refractivity contribution in [3.05, 3.63) is 101 Å². The predicted molar refractivity (Wildman–Crippen MR) is 128 cm³/mol. The minimum atomic E-state index is -0.276. The number of halogens is 1. The molecule has 0 radical (unpaired) electrons. The first-order valence-electron chi connectivity index (χ1n) is 11.6. The maximum Gasteiger partial charge on any atom is 0.223 e. The summed E-state index contributed by atoms with van der Waals surface area (Å²) in [5.74, 6) is 0.192. The molecule has 7 heteroatoms. The molecule has 2 aliphatic heterocycles. The second-order valence-electron chi connectivity index (χ2n) is 8.88. The lowest BCUT2D eigenvalue weighted by molar-refractivity contribution is -0.129. The van der Waals surface area contributed by atoms with Gasteiger partial charge in [-0.1, -0.05) is 60.7 Å². The number of carbonyl (C=O) groups is 1. The first-order valence-corrected chi connectivity index (χ1v) is 11.6. The van der Waals surface area contributed by atoms with Crippen molar-refractivity contribution < 1.29 is 13.9 Å². The fourth-order valence-corrected chi connectivity index (χ4v) is 5.22. The molecular weight excluding hydrogens is 431 g/mol. The number of piperidine rings is 1. The molecule has 2 aliphatic rings. The van der Waals surface area contributed by atoms with Gasteiger partial charge >= 0.3 is 0 Å². The van der Waals surface area contributed by atoms with Crippen LogP contribution in [0.3, 0.4) is 0 Å². The van der Waals surface area contributed by atoms with Gasteiger partial charge in [0.15, 0.2) is 0 Å². The SMILES string of the molecule is COc1ccccc1C1CC(C(=O)NCc2ccccc2)C2C(NNC2c2ccc(F)cc2)N1. The van der Waals surface area contributed by atoms with Gasteiger partial charge in [-0.2, -0.15) is 0 Å². The molecule has 4 N–H and O–H groups in total. The highest BCUT2D eigenvalue weighted by Crippen LogP contribution is 2.43. The van der Waals surface area contributed by atoms with Crippen LogP contribution in [-0.4, -0.2) is 19.2 Å². The average Bonchev–Trinajstić information content (AvgIpc) is 3.32. The van der Waals surface area contributed by atoms with Gasteiger partial charge in [-0.05, 0) is 35.7 Å². The van der Waals surface area contributed by atoms with Crippen LogP contribution in [-0.2, 0) is 11.3 Å². The Labute approximate surface area is 198 Å². The fraction of sp³-hybridized carbons (Fsp3) is 0.296. The van der Waals surface area contributed by atoms with Gasteiger partial charge in [-0.25, -0.2) is 15.2 Å². The van der Waals surface area contributed by atoms with E-state index in [4.69, 9.17) is 4.74 Å². The van der Waals surface area contributed by atoms with E-state index < -0.39 is 0 Å². The second-order valence-corrected chi connectivity index (χ2v) is 8.88. The van der Waals surface area contributed by atoms with Crippen LogP contribution in [0.1, 0.15) is 35.2 Å². The van der Waals surface area contributed by atoms with Gasteiger partial charge in [0.2, 0.25) is 5.91 Å². The maximum atomic E-state index is 13.6. The minimum Gasteiger partial charge on any atom is -0.496 e.